The van der Waals surface area contributed by atoms with Crippen LogP contribution in [0.2, 0.25) is 0 Å². The molecular formula is C8H9N3O2. The molecule has 2 N–H and O–H groups in total. The number of ether oxygens (including phenoxy) is 1. The smallest absolute Gasteiger partial charge is 0.316 e. The van der Waals surface area contributed by atoms with Crippen LogP contribution in [0.25, 0.3) is 5.57 Å². The van der Waals surface area contributed by atoms with Gasteiger partial charge in [-0.15, -0.1) is 0 Å². The third kappa shape index (κ3) is 2.02. The summed E-state index contributed by atoms with van der Waals surface area (Å²) in [5, 5.41) is 0. The van der Waals surface area contributed by atoms with Gasteiger partial charge in [0, 0.05) is 23.5 Å². The van der Waals surface area contributed by atoms with E-state index < -0.39 is 5.91 Å². The fourth-order valence-corrected chi connectivity index (χ4v) is 0.720. The molecule has 1 aromatic rings. The lowest BCUT2D eigenvalue weighted by Gasteiger charge is -2.00. The molecule has 5 nitrogen and oxygen atoms in total. The number of aromatic nitrogens is 2. The summed E-state index contributed by atoms with van der Waals surface area (Å²) in [6, 6.07) is 0.237. The third-order valence-electron chi connectivity index (χ3n) is 1.46. The summed E-state index contributed by atoms with van der Waals surface area (Å²) in [4.78, 5) is 18.3. The average molecular weight is 179 g/mol. The number of amides is 1. The first-order chi connectivity index (χ1) is 6.15. The molecular weight excluding hydrogens is 170 g/mol. The lowest BCUT2D eigenvalue weighted by molar-refractivity contribution is -0.112. The molecule has 0 fully saturated rings. The molecule has 0 spiro atoms. The summed E-state index contributed by atoms with van der Waals surface area (Å²) in [6.45, 7) is 3.48. The number of nitrogens with two attached hydrogens (primary N) is 1. The lowest BCUT2D eigenvalue weighted by Crippen LogP contribution is -2.12. The van der Waals surface area contributed by atoms with Crippen LogP contribution in [0.15, 0.2) is 19.0 Å². The Morgan fingerprint density at radius 1 is 1.54 bits per heavy atom. The number of methoxy groups -OCH3 is 1. The summed E-state index contributed by atoms with van der Waals surface area (Å²) >= 11 is 0. The van der Waals surface area contributed by atoms with Gasteiger partial charge in [-0.25, -0.2) is 9.97 Å². The highest BCUT2D eigenvalue weighted by atomic mass is 16.5. The van der Waals surface area contributed by atoms with Gasteiger partial charge in [-0.05, 0) is 0 Å². The van der Waals surface area contributed by atoms with Crippen LogP contribution in [-0.4, -0.2) is 23.0 Å². The zero-order valence-corrected chi connectivity index (χ0v) is 7.15. The number of carbonyl (C=O) groups excluding carboxylic acids is 1. The van der Waals surface area contributed by atoms with E-state index in [4.69, 9.17) is 10.5 Å². The van der Waals surface area contributed by atoms with E-state index in [0.717, 1.165) is 0 Å². The molecule has 0 aromatic carbocycles. The highest BCUT2D eigenvalue weighted by Crippen LogP contribution is 2.10. The van der Waals surface area contributed by atoms with E-state index in [1.54, 1.807) is 0 Å². The number of hydrogen-bond acceptors (Lipinski definition) is 4. The predicted octanol–water partition coefficient (Wildman–Crippen LogP) is -0.0163. The van der Waals surface area contributed by atoms with Crippen molar-refractivity contribution in [1.29, 1.82) is 0 Å². The second-order valence-electron chi connectivity index (χ2n) is 2.30. The van der Waals surface area contributed by atoms with Crippen LogP contribution in [-0.2, 0) is 4.79 Å². The van der Waals surface area contributed by atoms with Crippen molar-refractivity contribution in [2.24, 2.45) is 5.73 Å². The summed E-state index contributed by atoms with van der Waals surface area (Å²) in [6.07, 6.45) is 2.86. The molecule has 0 saturated carbocycles. The van der Waals surface area contributed by atoms with Crippen molar-refractivity contribution < 1.29 is 9.53 Å². The Morgan fingerprint density at radius 3 is 2.46 bits per heavy atom. The van der Waals surface area contributed by atoms with Crippen LogP contribution in [0.1, 0.15) is 5.56 Å². The topological polar surface area (TPSA) is 78.1 Å². The van der Waals surface area contributed by atoms with Crippen LogP contribution >= 0.6 is 0 Å². The average Bonchev–Trinajstić information content (AvgIpc) is 2.17. The second kappa shape index (κ2) is 3.66. The molecule has 0 unspecified atom stereocenters. The van der Waals surface area contributed by atoms with E-state index in [2.05, 4.69) is 16.5 Å². The monoisotopic (exact) mass is 179 g/mol. The minimum Gasteiger partial charge on any atom is -0.467 e. The first-order valence-corrected chi connectivity index (χ1v) is 3.50. The van der Waals surface area contributed by atoms with Crippen LogP contribution < -0.4 is 10.5 Å². The lowest BCUT2D eigenvalue weighted by atomic mass is 10.1. The van der Waals surface area contributed by atoms with Crippen molar-refractivity contribution >= 4 is 11.5 Å². The SMILES string of the molecule is C=C(C(N)=O)c1cnc(OC)nc1. The number of rotatable bonds is 3. The molecule has 1 heterocycles. The molecule has 0 bridgehead atoms. The highest BCUT2D eigenvalue weighted by molar-refractivity contribution is 6.17. The van der Waals surface area contributed by atoms with Gasteiger partial charge in [0.25, 0.3) is 0 Å². The second-order valence-corrected chi connectivity index (χ2v) is 2.30. The van der Waals surface area contributed by atoms with Gasteiger partial charge < -0.3 is 10.5 Å². The predicted molar refractivity (Wildman–Crippen MR) is 46.8 cm³/mol. The summed E-state index contributed by atoms with van der Waals surface area (Å²) in [7, 11) is 1.46. The van der Waals surface area contributed by atoms with E-state index in [-0.39, 0.29) is 11.6 Å². The minimum atomic E-state index is -0.589. The van der Waals surface area contributed by atoms with Gasteiger partial charge in [0.05, 0.1) is 7.11 Å². The molecule has 5 heteroatoms. The zero-order chi connectivity index (χ0) is 9.84. The van der Waals surface area contributed by atoms with Gasteiger partial charge in [-0.3, -0.25) is 4.79 Å². The Balaban J connectivity index is 2.92. The van der Waals surface area contributed by atoms with Gasteiger partial charge in [0.15, 0.2) is 0 Å². The van der Waals surface area contributed by atoms with E-state index in [1.165, 1.54) is 19.5 Å². The van der Waals surface area contributed by atoms with Gasteiger partial charge in [-0.1, -0.05) is 6.58 Å². The Labute approximate surface area is 75.3 Å². The van der Waals surface area contributed by atoms with E-state index in [9.17, 15) is 4.79 Å². The fourth-order valence-electron chi connectivity index (χ4n) is 0.720. The van der Waals surface area contributed by atoms with Crippen LogP contribution in [0.5, 0.6) is 6.01 Å². The number of nitrogens with zero attached hydrogens (tertiary/aromatic N) is 2. The maximum atomic E-state index is 10.7. The molecule has 1 amide bonds. The van der Waals surface area contributed by atoms with Gasteiger partial charge in [-0.2, -0.15) is 0 Å². The first kappa shape index (κ1) is 9.18. The standard InChI is InChI=1S/C8H9N3O2/c1-5(7(9)12)6-3-10-8(13-2)11-4-6/h3-4H,1H2,2H3,(H2,9,12). The van der Waals surface area contributed by atoms with Gasteiger partial charge in [0.1, 0.15) is 0 Å². The van der Waals surface area contributed by atoms with Gasteiger partial charge in [0.2, 0.25) is 5.91 Å². The number of carbonyl (C=O) groups is 1. The van der Waals surface area contributed by atoms with Crippen molar-refractivity contribution in [3.8, 4) is 6.01 Å². The van der Waals surface area contributed by atoms with Crippen molar-refractivity contribution in [3.63, 3.8) is 0 Å². The molecule has 1 aromatic heterocycles. The zero-order valence-electron chi connectivity index (χ0n) is 7.15. The first-order valence-electron chi connectivity index (χ1n) is 3.50. The Kier molecular flexibility index (Phi) is 2.59. The van der Waals surface area contributed by atoms with Crippen molar-refractivity contribution in [2.45, 2.75) is 0 Å². The van der Waals surface area contributed by atoms with Crippen LogP contribution in [0, 0.1) is 0 Å². The highest BCUT2D eigenvalue weighted by Gasteiger charge is 2.05. The van der Waals surface area contributed by atoms with E-state index in [0.29, 0.717) is 5.56 Å². The maximum Gasteiger partial charge on any atom is 0.316 e. The number of primary amides is 1. The Morgan fingerprint density at radius 2 is 2.08 bits per heavy atom. The normalized spacial score (nSPS) is 9.31. The summed E-state index contributed by atoms with van der Waals surface area (Å²) in [5.74, 6) is -0.589. The van der Waals surface area contributed by atoms with Gasteiger partial charge >= 0.3 is 6.01 Å². The summed E-state index contributed by atoms with van der Waals surface area (Å²) in [5.41, 5.74) is 5.69. The number of hydrogen-bond donors (Lipinski definition) is 1. The van der Waals surface area contributed by atoms with E-state index in [1.807, 2.05) is 0 Å². The third-order valence-corrected chi connectivity index (χ3v) is 1.46. The summed E-state index contributed by atoms with van der Waals surface area (Å²) < 4.78 is 4.74. The minimum absolute atomic E-state index is 0.183. The molecule has 0 atom stereocenters. The fraction of sp³-hybridized carbons (Fsp3) is 0.125. The van der Waals surface area contributed by atoms with Crippen LogP contribution in [0.3, 0.4) is 0 Å². The molecule has 0 radical (unpaired) electrons. The Hall–Kier alpha value is -1.91. The molecule has 1 rings (SSSR count). The van der Waals surface area contributed by atoms with Crippen LogP contribution in [0.4, 0.5) is 0 Å². The molecule has 68 valence electrons. The maximum absolute atomic E-state index is 10.7. The van der Waals surface area contributed by atoms with Crippen molar-refractivity contribution in [2.75, 3.05) is 7.11 Å². The molecule has 0 aliphatic rings. The van der Waals surface area contributed by atoms with Crippen molar-refractivity contribution in [1.82, 2.24) is 9.97 Å². The largest absolute Gasteiger partial charge is 0.467 e. The molecule has 0 saturated heterocycles. The quantitative estimate of drug-likeness (QED) is 0.661. The molecule has 0 aliphatic heterocycles. The molecule has 13 heavy (non-hydrogen) atoms. The Bertz CT molecular complexity index is 332. The molecule has 0 aliphatic carbocycles. The van der Waals surface area contributed by atoms with E-state index >= 15 is 0 Å². The van der Waals surface area contributed by atoms with Crippen molar-refractivity contribution in [3.05, 3.63) is 24.5 Å².